The third-order valence-electron chi connectivity index (χ3n) is 2.19. The van der Waals surface area contributed by atoms with Crippen LogP contribution < -0.4 is 0 Å². The minimum absolute atomic E-state index is 0.715. The summed E-state index contributed by atoms with van der Waals surface area (Å²) in [5, 5.41) is 0. The summed E-state index contributed by atoms with van der Waals surface area (Å²) in [4.78, 5) is 0. The standard InChI is InChI=1S/C9H10/c1-2-8-5-7-3-4-9(8)6-7/h2-5,7,9H,1,6H2/t7-,9-/m0/s1. The monoisotopic (exact) mass is 118 g/mol. The van der Waals surface area contributed by atoms with E-state index in [1.54, 1.807) is 0 Å². The van der Waals surface area contributed by atoms with E-state index < -0.39 is 0 Å². The fourth-order valence-electron chi connectivity index (χ4n) is 1.69. The highest BCUT2D eigenvalue weighted by Gasteiger charge is 2.25. The molecule has 0 aromatic rings. The van der Waals surface area contributed by atoms with Gasteiger partial charge < -0.3 is 0 Å². The first kappa shape index (κ1) is 5.04. The van der Waals surface area contributed by atoms with Crippen molar-refractivity contribution in [2.75, 3.05) is 0 Å². The Morgan fingerprint density at radius 3 is 2.78 bits per heavy atom. The average Bonchev–Trinajstić information content (AvgIpc) is 2.45. The largest absolute Gasteiger partial charge is 0.0988 e. The van der Waals surface area contributed by atoms with Gasteiger partial charge in [-0.05, 0) is 17.9 Å². The number of hydrogen-bond acceptors (Lipinski definition) is 0. The highest BCUT2D eigenvalue weighted by atomic mass is 14.3. The van der Waals surface area contributed by atoms with Crippen LogP contribution >= 0.6 is 0 Å². The van der Waals surface area contributed by atoms with Crippen LogP contribution in [0.4, 0.5) is 0 Å². The van der Waals surface area contributed by atoms with Crippen molar-refractivity contribution in [1.29, 1.82) is 0 Å². The van der Waals surface area contributed by atoms with Gasteiger partial charge in [-0.2, -0.15) is 0 Å². The summed E-state index contributed by atoms with van der Waals surface area (Å²) >= 11 is 0. The van der Waals surface area contributed by atoms with Crippen LogP contribution in [0.2, 0.25) is 0 Å². The van der Waals surface area contributed by atoms with Crippen molar-refractivity contribution in [2.24, 2.45) is 11.8 Å². The van der Waals surface area contributed by atoms with Gasteiger partial charge in [0, 0.05) is 5.92 Å². The summed E-state index contributed by atoms with van der Waals surface area (Å²) in [7, 11) is 0. The molecule has 0 fully saturated rings. The fraction of sp³-hybridized carbons (Fsp3) is 0.333. The molecule has 2 atom stereocenters. The SMILES string of the molecule is C=CC1=C[C@@H]2C=C[C@H]1C2. The van der Waals surface area contributed by atoms with E-state index in [0.29, 0.717) is 5.92 Å². The Hall–Kier alpha value is -0.780. The zero-order chi connectivity index (χ0) is 6.27. The van der Waals surface area contributed by atoms with E-state index >= 15 is 0 Å². The van der Waals surface area contributed by atoms with Gasteiger partial charge in [0.05, 0.1) is 0 Å². The van der Waals surface area contributed by atoms with Crippen molar-refractivity contribution in [3.05, 3.63) is 36.5 Å². The first-order valence-corrected chi connectivity index (χ1v) is 3.42. The van der Waals surface area contributed by atoms with Gasteiger partial charge in [0.2, 0.25) is 0 Å². The maximum absolute atomic E-state index is 3.76. The maximum Gasteiger partial charge on any atom is 0.00236 e. The Labute approximate surface area is 55.6 Å². The summed E-state index contributed by atoms with van der Waals surface area (Å²) in [5.74, 6) is 1.45. The topological polar surface area (TPSA) is 0 Å². The number of hydrogen-bond donors (Lipinski definition) is 0. The summed E-state index contributed by atoms with van der Waals surface area (Å²) in [6, 6.07) is 0. The highest BCUT2D eigenvalue weighted by Crippen LogP contribution is 2.38. The smallest absolute Gasteiger partial charge is 0.00236 e. The molecule has 0 N–H and O–H groups in total. The van der Waals surface area contributed by atoms with Gasteiger partial charge in [-0.3, -0.25) is 0 Å². The minimum atomic E-state index is 0.715. The molecule has 2 bridgehead atoms. The zero-order valence-electron chi connectivity index (χ0n) is 5.38. The third kappa shape index (κ3) is 0.593. The second-order valence-electron chi connectivity index (χ2n) is 2.76. The molecule has 2 aliphatic carbocycles. The molecule has 46 valence electrons. The molecule has 0 aromatic heterocycles. The van der Waals surface area contributed by atoms with E-state index in [1.165, 1.54) is 12.0 Å². The number of allylic oxidation sites excluding steroid dienone is 5. The van der Waals surface area contributed by atoms with Crippen molar-refractivity contribution < 1.29 is 0 Å². The number of rotatable bonds is 1. The summed E-state index contributed by atoms with van der Waals surface area (Å²) < 4.78 is 0. The molecule has 0 nitrogen and oxygen atoms in total. The lowest BCUT2D eigenvalue weighted by Gasteiger charge is -2.01. The maximum atomic E-state index is 3.76. The summed E-state index contributed by atoms with van der Waals surface area (Å²) in [6.07, 6.45) is 10.2. The molecule has 0 heteroatoms. The predicted octanol–water partition coefficient (Wildman–Crippen LogP) is 2.30. The van der Waals surface area contributed by atoms with Crippen molar-refractivity contribution in [1.82, 2.24) is 0 Å². The molecule has 0 heterocycles. The lowest BCUT2D eigenvalue weighted by Crippen LogP contribution is -1.87. The molecule has 2 rings (SSSR count). The first-order valence-electron chi connectivity index (χ1n) is 3.42. The van der Waals surface area contributed by atoms with Crippen LogP contribution in [0.15, 0.2) is 36.5 Å². The second kappa shape index (κ2) is 1.60. The molecule has 0 aliphatic heterocycles. The van der Waals surface area contributed by atoms with Crippen LogP contribution in [0.25, 0.3) is 0 Å². The minimum Gasteiger partial charge on any atom is -0.0988 e. The van der Waals surface area contributed by atoms with Crippen molar-refractivity contribution in [3.63, 3.8) is 0 Å². The highest BCUT2D eigenvalue weighted by molar-refractivity contribution is 5.35. The van der Waals surface area contributed by atoms with Crippen LogP contribution in [0, 0.1) is 11.8 Å². The van der Waals surface area contributed by atoms with Gasteiger partial charge >= 0.3 is 0 Å². The molecule has 0 radical (unpaired) electrons. The van der Waals surface area contributed by atoms with Crippen LogP contribution in [0.5, 0.6) is 0 Å². The predicted molar refractivity (Wildman–Crippen MR) is 39.0 cm³/mol. The van der Waals surface area contributed by atoms with E-state index in [2.05, 4.69) is 24.8 Å². The molecular formula is C9H10. The van der Waals surface area contributed by atoms with Crippen LogP contribution in [0.3, 0.4) is 0 Å². The van der Waals surface area contributed by atoms with E-state index in [0.717, 1.165) is 5.92 Å². The van der Waals surface area contributed by atoms with Gasteiger partial charge in [0.1, 0.15) is 0 Å². The molecule has 0 saturated carbocycles. The molecule has 0 unspecified atom stereocenters. The fourth-order valence-corrected chi connectivity index (χ4v) is 1.69. The van der Waals surface area contributed by atoms with Crippen LogP contribution in [0.1, 0.15) is 6.42 Å². The Bertz CT molecular complexity index is 196. The van der Waals surface area contributed by atoms with Crippen LogP contribution in [-0.2, 0) is 0 Å². The molecule has 2 aliphatic rings. The summed E-state index contributed by atoms with van der Waals surface area (Å²) in [5.41, 5.74) is 1.43. The Balaban J connectivity index is 2.32. The van der Waals surface area contributed by atoms with Crippen molar-refractivity contribution in [3.8, 4) is 0 Å². The van der Waals surface area contributed by atoms with E-state index in [9.17, 15) is 0 Å². The molecule has 0 aromatic carbocycles. The van der Waals surface area contributed by atoms with Crippen LogP contribution in [-0.4, -0.2) is 0 Å². The lowest BCUT2D eigenvalue weighted by molar-refractivity contribution is 0.721. The quantitative estimate of drug-likeness (QED) is 0.463. The lowest BCUT2D eigenvalue weighted by atomic mass is 10.0. The van der Waals surface area contributed by atoms with Gasteiger partial charge in [-0.15, -0.1) is 0 Å². The molecule has 0 amide bonds. The van der Waals surface area contributed by atoms with Crippen molar-refractivity contribution in [2.45, 2.75) is 6.42 Å². The first-order chi connectivity index (χ1) is 4.40. The zero-order valence-corrected chi connectivity index (χ0v) is 5.38. The molecular weight excluding hydrogens is 108 g/mol. The van der Waals surface area contributed by atoms with E-state index in [1.807, 2.05) is 6.08 Å². The van der Waals surface area contributed by atoms with Crippen molar-refractivity contribution >= 4 is 0 Å². The Kier molecular flexibility index (Phi) is 0.895. The van der Waals surface area contributed by atoms with E-state index in [-0.39, 0.29) is 0 Å². The second-order valence-corrected chi connectivity index (χ2v) is 2.76. The van der Waals surface area contributed by atoms with Gasteiger partial charge in [0.25, 0.3) is 0 Å². The molecule has 0 spiro atoms. The molecule has 9 heavy (non-hydrogen) atoms. The summed E-state index contributed by atoms with van der Waals surface area (Å²) in [6.45, 7) is 3.76. The Morgan fingerprint density at radius 2 is 2.44 bits per heavy atom. The molecule has 0 saturated heterocycles. The third-order valence-corrected chi connectivity index (χ3v) is 2.19. The van der Waals surface area contributed by atoms with Gasteiger partial charge in [-0.25, -0.2) is 0 Å². The van der Waals surface area contributed by atoms with Gasteiger partial charge in [-0.1, -0.05) is 30.9 Å². The van der Waals surface area contributed by atoms with E-state index in [4.69, 9.17) is 0 Å². The van der Waals surface area contributed by atoms with Gasteiger partial charge in [0.15, 0.2) is 0 Å². The Morgan fingerprint density at radius 1 is 1.56 bits per heavy atom. The number of fused-ring (bicyclic) bond motifs is 2. The average molecular weight is 118 g/mol. The normalized spacial score (nSPS) is 37.1.